The molecule has 0 bridgehead atoms. The molecule has 0 amide bonds. The highest BCUT2D eigenvalue weighted by molar-refractivity contribution is 5.25. The van der Waals surface area contributed by atoms with Crippen molar-refractivity contribution in [2.45, 2.75) is 70.4 Å². The molecule has 1 aliphatic carbocycles. The summed E-state index contributed by atoms with van der Waals surface area (Å²) in [6.45, 7) is 2.30. The van der Waals surface area contributed by atoms with Crippen molar-refractivity contribution in [3.05, 3.63) is 29.8 Å². The zero-order chi connectivity index (χ0) is 13.5. The van der Waals surface area contributed by atoms with Gasteiger partial charge < -0.3 is 10.4 Å². The molecule has 1 aliphatic rings. The first-order valence-corrected chi connectivity index (χ1v) is 7.78. The van der Waals surface area contributed by atoms with Crippen LogP contribution in [-0.2, 0) is 6.42 Å². The van der Waals surface area contributed by atoms with Crippen LogP contribution in [0.3, 0.4) is 0 Å². The van der Waals surface area contributed by atoms with Crippen molar-refractivity contribution in [1.29, 1.82) is 0 Å². The molecule has 19 heavy (non-hydrogen) atoms. The van der Waals surface area contributed by atoms with Crippen molar-refractivity contribution in [2.75, 3.05) is 0 Å². The quantitative estimate of drug-likeness (QED) is 0.784. The number of aryl methyl sites for hydroxylation is 1. The number of hydrogen-bond acceptors (Lipinski definition) is 2. The van der Waals surface area contributed by atoms with E-state index in [0.29, 0.717) is 11.8 Å². The molecule has 1 fully saturated rings. The van der Waals surface area contributed by atoms with Crippen molar-refractivity contribution < 1.29 is 5.11 Å². The van der Waals surface area contributed by atoms with E-state index in [0.717, 1.165) is 12.5 Å². The van der Waals surface area contributed by atoms with Gasteiger partial charge in [-0.15, -0.1) is 0 Å². The highest BCUT2D eigenvalue weighted by atomic mass is 16.3. The summed E-state index contributed by atoms with van der Waals surface area (Å²) in [6.07, 6.45) is 10.6. The molecule has 1 atom stereocenters. The zero-order valence-corrected chi connectivity index (χ0v) is 12.1. The Labute approximate surface area is 117 Å². The number of nitrogens with one attached hydrogen (secondary N) is 1. The van der Waals surface area contributed by atoms with Gasteiger partial charge in [-0.25, -0.2) is 0 Å². The first-order valence-electron chi connectivity index (χ1n) is 7.78. The summed E-state index contributed by atoms with van der Waals surface area (Å²) in [6, 6.07) is 8.91. The average Bonchev–Trinajstić information content (AvgIpc) is 2.67. The van der Waals surface area contributed by atoms with E-state index >= 15 is 0 Å². The number of hydrogen-bond donors (Lipinski definition) is 2. The second kappa shape index (κ2) is 7.54. The van der Waals surface area contributed by atoms with E-state index in [1.807, 2.05) is 12.1 Å². The molecule has 0 aliphatic heterocycles. The lowest BCUT2D eigenvalue weighted by molar-refractivity contribution is 0.394. The minimum Gasteiger partial charge on any atom is -0.508 e. The molecule has 1 saturated carbocycles. The van der Waals surface area contributed by atoms with Crippen LogP contribution in [0.1, 0.15) is 57.4 Å². The van der Waals surface area contributed by atoms with Gasteiger partial charge in [-0.2, -0.15) is 0 Å². The van der Waals surface area contributed by atoms with Gasteiger partial charge in [0.2, 0.25) is 0 Å². The smallest absolute Gasteiger partial charge is 0.115 e. The lowest BCUT2D eigenvalue weighted by Crippen LogP contribution is -2.36. The summed E-state index contributed by atoms with van der Waals surface area (Å²) in [5, 5.41) is 13.1. The van der Waals surface area contributed by atoms with Crippen LogP contribution in [0, 0.1) is 0 Å². The molecule has 0 saturated heterocycles. The lowest BCUT2D eigenvalue weighted by Gasteiger charge is -2.22. The normalized spacial score (nSPS) is 19.0. The van der Waals surface area contributed by atoms with Crippen molar-refractivity contribution >= 4 is 0 Å². The third kappa shape index (κ3) is 5.23. The van der Waals surface area contributed by atoms with Crippen molar-refractivity contribution in [1.82, 2.24) is 5.32 Å². The summed E-state index contributed by atoms with van der Waals surface area (Å²) in [7, 11) is 0. The molecule has 2 nitrogen and oxygen atoms in total. The second-order valence-electron chi connectivity index (χ2n) is 5.96. The van der Waals surface area contributed by atoms with Crippen molar-refractivity contribution in [3.8, 4) is 5.75 Å². The number of benzene rings is 1. The topological polar surface area (TPSA) is 32.3 Å². The lowest BCUT2D eigenvalue weighted by atomic mass is 10.0. The van der Waals surface area contributed by atoms with E-state index in [4.69, 9.17) is 0 Å². The standard InChI is InChI=1S/C17H27NO/c1-14(18-16-6-4-2-3-5-7-16)8-9-15-10-12-17(19)13-11-15/h10-14,16,18-19H,2-9H2,1H3/t14-/m1/s1. The Morgan fingerprint density at radius 2 is 1.74 bits per heavy atom. The number of phenols is 1. The van der Waals surface area contributed by atoms with E-state index in [-0.39, 0.29) is 0 Å². The van der Waals surface area contributed by atoms with Gasteiger partial charge in [-0.3, -0.25) is 0 Å². The van der Waals surface area contributed by atoms with Crippen molar-refractivity contribution in [2.24, 2.45) is 0 Å². The fraction of sp³-hybridized carbons (Fsp3) is 0.647. The molecule has 1 aromatic rings. The number of rotatable bonds is 5. The van der Waals surface area contributed by atoms with Gasteiger partial charge in [0.1, 0.15) is 5.75 Å². The van der Waals surface area contributed by atoms with Crippen LogP contribution < -0.4 is 5.32 Å². The largest absolute Gasteiger partial charge is 0.508 e. The maximum atomic E-state index is 9.26. The highest BCUT2D eigenvalue weighted by Crippen LogP contribution is 2.18. The Kier molecular flexibility index (Phi) is 5.71. The van der Waals surface area contributed by atoms with E-state index in [2.05, 4.69) is 12.2 Å². The Morgan fingerprint density at radius 1 is 1.11 bits per heavy atom. The average molecular weight is 261 g/mol. The van der Waals surface area contributed by atoms with Gasteiger partial charge >= 0.3 is 0 Å². The minimum atomic E-state index is 0.355. The Morgan fingerprint density at radius 3 is 2.37 bits per heavy atom. The van der Waals surface area contributed by atoms with Gasteiger partial charge in [0.25, 0.3) is 0 Å². The van der Waals surface area contributed by atoms with Crippen LogP contribution in [0.5, 0.6) is 5.75 Å². The molecule has 0 spiro atoms. The van der Waals surface area contributed by atoms with Crippen LogP contribution in [-0.4, -0.2) is 17.2 Å². The van der Waals surface area contributed by atoms with Gasteiger partial charge in [0.15, 0.2) is 0 Å². The third-order valence-electron chi connectivity index (χ3n) is 4.18. The van der Waals surface area contributed by atoms with Crippen LogP contribution in [0.15, 0.2) is 24.3 Å². The molecular formula is C17H27NO. The highest BCUT2D eigenvalue weighted by Gasteiger charge is 2.14. The fourth-order valence-corrected chi connectivity index (χ4v) is 2.98. The van der Waals surface area contributed by atoms with Crippen LogP contribution in [0.25, 0.3) is 0 Å². The minimum absolute atomic E-state index is 0.355. The molecule has 1 aromatic carbocycles. The molecule has 0 heterocycles. The maximum Gasteiger partial charge on any atom is 0.115 e. The predicted octanol–water partition coefficient (Wildman–Crippen LogP) is 4.03. The number of phenolic OH excluding ortho intramolecular Hbond substituents is 1. The van der Waals surface area contributed by atoms with Crippen LogP contribution in [0.2, 0.25) is 0 Å². The molecule has 0 aromatic heterocycles. The predicted molar refractivity (Wildman–Crippen MR) is 80.5 cm³/mol. The van der Waals surface area contributed by atoms with Gasteiger partial charge in [0, 0.05) is 12.1 Å². The van der Waals surface area contributed by atoms with Crippen LogP contribution in [0.4, 0.5) is 0 Å². The molecule has 0 unspecified atom stereocenters. The summed E-state index contributed by atoms with van der Waals surface area (Å²) >= 11 is 0. The van der Waals surface area contributed by atoms with Gasteiger partial charge in [-0.1, -0.05) is 37.8 Å². The van der Waals surface area contributed by atoms with E-state index < -0.39 is 0 Å². The Hall–Kier alpha value is -1.02. The second-order valence-corrected chi connectivity index (χ2v) is 5.96. The summed E-state index contributed by atoms with van der Waals surface area (Å²) in [5.41, 5.74) is 1.31. The van der Waals surface area contributed by atoms with E-state index in [9.17, 15) is 5.11 Å². The summed E-state index contributed by atoms with van der Waals surface area (Å²) in [5.74, 6) is 0.355. The summed E-state index contributed by atoms with van der Waals surface area (Å²) in [4.78, 5) is 0. The first-order chi connectivity index (χ1) is 9.24. The zero-order valence-electron chi connectivity index (χ0n) is 12.1. The Balaban J connectivity index is 1.71. The van der Waals surface area contributed by atoms with Gasteiger partial charge in [-0.05, 0) is 50.3 Å². The molecule has 106 valence electrons. The SMILES string of the molecule is C[C@H](CCc1ccc(O)cc1)NC1CCCCCC1. The molecule has 2 N–H and O–H groups in total. The van der Waals surface area contributed by atoms with Crippen molar-refractivity contribution in [3.63, 3.8) is 0 Å². The van der Waals surface area contributed by atoms with E-state index in [1.54, 1.807) is 12.1 Å². The monoisotopic (exact) mass is 261 g/mol. The summed E-state index contributed by atoms with van der Waals surface area (Å²) < 4.78 is 0. The third-order valence-corrected chi connectivity index (χ3v) is 4.18. The number of aromatic hydroxyl groups is 1. The fourth-order valence-electron chi connectivity index (χ4n) is 2.98. The Bertz CT molecular complexity index is 352. The first kappa shape index (κ1) is 14.4. The van der Waals surface area contributed by atoms with Gasteiger partial charge in [0.05, 0.1) is 0 Å². The molecule has 2 rings (SSSR count). The van der Waals surface area contributed by atoms with E-state index in [1.165, 1.54) is 50.5 Å². The maximum absolute atomic E-state index is 9.26. The molecule has 0 radical (unpaired) electrons. The molecular weight excluding hydrogens is 234 g/mol. The molecule has 2 heteroatoms. The van der Waals surface area contributed by atoms with Crippen LogP contribution >= 0.6 is 0 Å².